The number of benzene rings is 1. The summed E-state index contributed by atoms with van der Waals surface area (Å²) in [6, 6.07) is 6.45. The lowest BCUT2D eigenvalue weighted by atomic mass is 10.1. The number of carbonyl (C=O) groups is 1. The van der Waals surface area contributed by atoms with E-state index in [4.69, 9.17) is 9.84 Å². The van der Waals surface area contributed by atoms with Gasteiger partial charge in [-0.05, 0) is 6.07 Å². The van der Waals surface area contributed by atoms with E-state index >= 15 is 0 Å². The van der Waals surface area contributed by atoms with Gasteiger partial charge >= 0.3 is 12.1 Å². The normalized spacial score (nSPS) is 11.3. The Morgan fingerprint density at radius 3 is 2.53 bits per heavy atom. The third-order valence-electron chi connectivity index (χ3n) is 2.07. The van der Waals surface area contributed by atoms with Gasteiger partial charge in [-0.1, -0.05) is 18.2 Å². The highest BCUT2D eigenvalue weighted by Crippen LogP contribution is 2.18. The topological polar surface area (TPSA) is 55.8 Å². The quantitative estimate of drug-likeness (QED) is 0.777. The van der Waals surface area contributed by atoms with Gasteiger partial charge in [-0.25, -0.2) is 0 Å². The molecule has 1 aromatic rings. The molecule has 0 amide bonds. The zero-order chi connectivity index (χ0) is 14.3. The van der Waals surface area contributed by atoms with Gasteiger partial charge in [0.2, 0.25) is 0 Å². The maximum absolute atomic E-state index is 11.8. The highest BCUT2D eigenvalue weighted by molar-refractivity contribution is 5.71. The van der Waals surface area contributed by atoms with E-state index in [1.165, 1.54) is 0 Å². The average molecular weight is 278 g/mol. The van der Waals surface area contributed by atoms with Crippen molar-refractivity contribution in [1.82, 2.24) is 0 Å². The molecule has 1 N–H and O–H groups in total. The van der Waals surface area contributed by atoms with Crippen molar-refractivity contribution in [3.63, 3.8) is 0 Å². The highest BCUT2D eigenvalue weighted by Gasteiger charge is 2.27. The van der Waals surface area contributed by atoms with E-state index in [1.54, 1.807) is 24.3 Å². The zero-order valence-electron chi connectivity index (χ0n) is 9.94. The second-order valence-electron chi connectivity index (χ2n) is 3.69. The predicted molar refractivity (Wildman–Crippen MR) is 60.2 cm³/mol. The summed E-state index contributed by atoms with van der Waals surface area (Å²) in [5.41, 5.74) is 0.464. The van der Waals surface area contributed by atoms with E-state index in [1.807, 2.05) is 0 Å². The third-order valence-corrected chi connectivity index (χ3v) is 2.07. The predicted octanol–water partition coefficient (Wildman–Crippen LogP) is 2.27. The third kappa shape index (κ3) is 6.66. The van der Waals surface area contributed by atoms with E-state index in [-0.39, 0.29) is 19.6 Å². The van der Waals surface area contributed by atoms with Crippen LogP contribution in [-0.4, -0.2) is 37.1 Å². The molecule has 0 aromatic heterocycles. The molecule has 0 heterocycles. The molecule has 1 aromatic carbocycles. The van der Waals surface area contributed by atoms with Crippen molar-refractivity contribution in [2.24, 2.45) is 0 Å². The van der Waals surface area contributed by atoms with E-state index < -0.39 is 18.8 Å². The molecule has 0 unspecified atom stereocenters. The lowest BCUT2D eigenvalue weighted by Crippen LogP contribution is -2.19. The van der Waals surface area contributed by atoms with Crippen LogP contribution in [-0.2, 0) is 16.0 Å². The molecule has 0 fully saturated rings. The Morgan fingerprint density at radius 2 is 1.89 bits per heavy atom. The van der Waals surface area contributed by atoms with Gasteiger partial charge in [-0.2, -0.15) is 13.2 Å². The molecule has 1 rings (SSSR count). The molecular formula is C12H13F3O4. The number of aliphatic carboxylic acids is 1. The maximum Gasteiger partial charge on any atom is 0.411 e. The van der Waals surface area contributed by atoms with Crippen LogP contribution < -0.4 is 4.74 Å². The summed E-state index contributed by atoms with van der Waals surface area (Å²) in [6.07, 6.45) is -4.57. The van der Waals surface area contributed by atoms with Gasteiger partial charge in [0.1, 0.15) is 19.0 Å². The van der Waals surface area contributed by atoms with Crippen molar-refractivity contribution >= 4 is 5.97 Å². The molecule has 0 saturated carbocycles. The molecule has 0 atom stereocenters. The summed E-state index contributed by atoms with van der Waals surface area (Å²) in [4.78, 5) is 10.6. The van der Waals surface area contributed by atoms with Gasteiger partial charge in [0, 0.05) is 5.56 Å². The lowest BCUT2D eigenvalue weighted by Gasteiger charge is -2.11. The molecular weight excluding hydrogens is 265 g/mol. The van der Waals surface area contributed by atoms with Crippen molar-refractivity contribution in [2.45, 2.75) is 12.6 Å². The van der Waals surface area contributed by atoms with E-state index in [0.717, 1.165) is 0 Å². The maximum atomic E-state index is 11.8. The van der Waals surface area contributed by atoms with Crippen LogP contribution in [0.25, 0.3) is 0 Å². The van der Waals surface area contributed by atoms with Gasteiger partial charge in [0.05, 0.1) is 13.0 Å². The molecule has 106 valence electrons. The second-order valence-corrected chi connectivity index (χ2v) is 3.69. The number of rotatable bonds is 7. The Bertz CT molecular complexity index is 418. The fourth-order valence-electron chi connectivity index (χ4n) is 1.35. The second kappa shape index (κ2) is 6.98. The lowest BCUT2D eigenvalue weighted by molar-refractivity contribution is -0.175. The summed E-state index contributed by atoms with van der Waals surface area (Å²) < 4.78 is 44.9. The fourth-order valence-corrected chi connectivity index (χ4v) is 1.35. The van der Waals surface area contributed by atoms with Crippen molar-refractivity contribution < 1.29 is 32.5 Å². The van der Waals surface area contributed by atoms with Crippen molar-refractivity contribution in [2.75, 3.05) is 19.8 Å². The minimum atomic E-state index is -4.36. The summed E-state index contributed by atoms with van der Waals surface area (Å²) in [5, 5.41) is 8.69. The number of carboxylic acid groups (broad SMARTS) is 1. The standard InChI is InChI=1S/C12H13F3O4/c13-12(14,15)8-18-5-6-19-10-4-2-1-3-9(10)7-11(16)17/h1-4H,5-8H2,(H,16,17). The number of hydrogen-bond acceptors (Lipinski definition) is 3. The van der Waals surface area contributed by atoms with Crippen LogP contribution in [0.3, 0.4) is 0 Å². The molecule has 0 radical (unpaired) electrons. The highest BCUT2D eigenvalue weighted by atomic mass is 19.4. The van der Waals surface area contributed by atoms with E-state index in [0.29, 0.717) is 11.3 Å². The van der Waals surface area contributed by atoms with Crippen molar-refractivity contribution in [1.29, 1.82) is 0 Å². The number of halogens is 3. The first-order valence-corrected chi connectivity index (χ1v) is 5.45. The first-order chi connectivity index (χ1) is 8.88. The molecule has 0 aliphatic carbocycles. The number of ether oxygens (including phenoxy) is 2. The van der Waals surface area contributed by atoms with Crippen LogP contribution in [0.4, 0.5) is 13.2 Å². The minimum Gasteiger partial charge on any atom is -0.491 e. The number of hydrogen-bond donors (Lipinski definition) is 1. The van der Waals surface area contributed by atoms with Crippen LogP contribution >= 0.6 is 0 Å². The van der Waals surface area contributed by atoms with Crippen molar-refractivity contribution in [3.8, 4) is 5.75 Å². The molecule has 0 aliphatic rings. The Labute approximate surface area is 107 Å². The van der Waals surface area contributed by atoms with Crippen molar-refractivity contribution in [3.05, 3.63) is 29.8 Å². The fraction of sp³-hybridized carbons (Fsp3) is 0.417. The molecule has 0 aliphatic heterocycles. The van der Waals surface area contributed by atoms with E-state index in [2.05, 4.69) is 4.74 Å². The van der Waals surface area contributed by atoms with Crippen LogP contribution in [0.5, 0.6) is 5.75 Å². The Kier molecular flexibility index (Phi) is 5.62. The number of carboxylic acids is 1. The molecule has 19 heavy (non-hydrogen) atoms. The molecule has 0 bridgehead atoms. The number of para-hydroxylation sites is 1. The first kappa shape index (κ1) is 15.3. The van der Waals surface area contributed by atoms with Gasteiger partial charge in [0.15, 0.2) is 0 Å². The van der Waals surface area contributed by atoms with Gasteiger partial charge < -0.3 is 14.6 Å². The van der Waals surface area contributed by atoms with Crippen LogP contribution in [0.1, 0.15) is 5.56 Å². The van der Waals surface area contributed by atoms with Crippen LogP contribution in [0, 0.1) is 0 Å². The Balaban J connectivity index is 2.38. The Morgan fingerprint density at radius 1 is 1.21 bits per heavy atom. The summed E-state index contributed by atoms with van der Waals surface area (Å²) in [5.74, 6) is -0.676. The van der Waals surface area contributed by atoms with Gasteiger partial charge in [-0.3, -0.25) is 4.79 Å². The average Bonchev–Trinajstić information content (AvgIpc) is 2.28. The van der Waals surface area contributed by atoms with Gasteiger partial charge in [-0.15, -0.1) is 0 Å². The smallest absolute Gasteiger partial charge is 0.411 e. The molecule has 4 nitrogen and oxygen atoms in total. The summed E-state index contributed by atoms with van der Waals surface area (Å²) >= 11 is 0. The summed E-state index contributed by atoms with van der Waals surface area (Å²) in [6.45, 7) is -1.62. The number of alkyl halides is 3. The first-order valence-electron chi connectivity index (χ1n) is 5.45. The van der Waals surface area contributed by atoms with E-state index in [9.17, 15) is 18.0 Å². The molecule has 0 spiro atoms. The minimum absolute atomic E-state index is 0.0767. The SMILES string of the molecule is O=C(O)Cc1ccccc1OCCOCC(F)(F)F. The largest absolute Gasteiger partial charge is 0.491 e. The molecule has 0 saturated heterocycles. The molecule has 7 heteroatoms. The monoisotopic (exact) mass is 278 g/mol. The van der Waals surface area contributed by atoms with Gasteiger partial charge in [0.25, 0.3) is 0 Å². The van der Waals surface area contributed by atoms with Crippen LogP contribution in [0.15, 0.2) is 24.3 Å². The summed E-state index contributed by atoms with van der Waals surface area (Å²) in [7, 11) is 0. The van der Waals surface area contributed by atoms with Crippen LogP contribution in [0.2, 0.25) is 0 Å². The zero-order valence-corrected chi connectivity index (χ0v) is 9.94. The Hall–Kier alpha value is -1.76.